The van der Waals surface area contributed by atoms with Gasteiger partial charge >= 0.3 is 0 Å². The van der Waals surface area contributed by atoms with Crippen LogP contribution in [0.5, 0.6) is 11.5 Å². The van der Waals surface area contributed by atoms with E-state index in [0.29, 0.717) is 34.7 Å². The lowest BCUT2D eigenvalue weighted by atomic mass is 10.1. The van der Waals surface area contributed by atoms with Gasteiger partial charge in [0, 0.05) is 23.3 Å². The molecule has 3 rings (SSSR count). The summed E-state index contributed by atoms with van der Waals surface area (Å²) in [5.74, 6) is 2.06. The fourth-order valence-electron chi connectivity index (χ4n) is 3.27. The maximum Gasteiger partial charge on any atom is 0.234 e. The first kappa shape index (κ1) is 24.7. The number of aromatic nitrogens is 3. The number of halogens is 1. The largest absolute Gasteiger partial charge is 0.497 e. The van der Waals surface area contributed by atoms with E-state index >= 15 is 0 Å². The lowest BCUT2D eigenvalue weighted by Gasteiger charge is -2.17. The first-order chi connectivity index (χ1) is 15.8. The van der Waals surface area contributed by atoms with Gasteiger partial charge in [-0.25, -0.2) is 0 Å². The lowest BCUT2D eigenvalue weighted by molar-refractivity contribution is -0.113. The standard InChI is InChI=1S/C24H27ClN4O3S/c1-6-10-29-23(17(4)32-20-11-15(2)22(25)16(3)12-20)27-28-24(29)33-14-21(30)26-18-8-7-9-19(13-18)31-5/h6-9,11-13,17H,1,10,14H2,2-5H3,(H,26,30). The molecule has 0 fully saturated rings. The minimum Gasteiger partial charge on any atom is -0.497 e. The number of amides is 1. The van der Waals surface area contributed by atoms with Gasteiger partial charge in [-0.1, -0.05) is 35.5 Å². The van der Waals surface area contributed by atoms with Crippen molar-refractivity contribution in [2.24, 2.45) is 0 Å². The number of carbonyl (C=O) groups excluding carboxylic acids is 1. The summed E-state index contributed by atoms with van der Waals surface area (Å²) in [5, 5.41) is 12.8. The Balaban J connectivity index is 1.69. The van der Waals surface area contributed by atoms with E-state index in [4.69, 9.17) is 21.1 Å². The molecule has 9 heteroatoms. The van der Waals surface area contributed by atoms with Crippen molar-refractivity contribution in [2.75, 3.05) is 18.2 Å². The number of carbonyl (C=O) groups is 1. The Morgan fingerprint density at radius 2 is 1.97 bits per heavy atom. The van der Waals surface area contributed by atoms with E-state index < -0.39 is 0 Å². The molecular weight excluding hydrogens is 460 g/mol. The molecule has 3 aromatic rings. The number of hydrogen-bond donors (Lipinski definition) is 1. The molecule has 174 valence electrons. The van der Waals surface area contributed by atoms with Gasteiger partial charge in [-0.15, -0.1) is 16.8 Å². The first-order valence-electron chi connectivity index (χ1n) is 10.4. The Hall–Kier alpha value is -2.97. The summed E-state index contributed by atoms with van der Waals surface area (Å²) in [4.78, 5) is 12.4. The van der Waals surface area contributed by atoms with E-state index in [1.54, 1.807) is 19.3 Å². The van der Waals surface area contributed by atoms with Gasteiger partial charge in [0.15, 0.2) is 17.1 Å². The maximum absolute atomic E-state index is 12.4. The zero-order chi connectivity index (χ0) is 24.0. The number of thioether (sulfide) groups is 1. The molecule has 2 aromatic carbocycles. The number of anilines is 1. The zero-order valence-corrected chi connectivity index (χ0v) is 20.7. The van der Waals surface area contributed by atoms with Crippen molar-refractivity contribution < 1.29 is 14.3 Å². The third-order valence-electron chi connectivity index (χ3n) is 4.83. The van der Waals surface area contributed by atoms with Gasteiger partial charge in [0.2, 0.25) is 5.91 Å². The molecule has 1 aromatic heterocycles. The Kier molecular flexibility index (Phi) is 8.41. The molecule has 1 N–H and O–H groups in total. The highest BCUT2D eigenvalue weighted by molar-refractivity contribution is 7.99. The zero-order valence-electron chi connectivity index (χ0n) is 19.1. The summed E-state index contributed by atoms with van der Waals surface area (Å²) in [6, 6.07) is 11.0. The molecule has 0 radical (unpaired) electrons. The fraction of sp³-hybridized carbons (Fsp3) is 0.292. The SMILES string of the molecule is C=CCn1c(SCC(=O)Nc2cccc(OC)c2)nnc1C(C)Oc1cc(C)c(Cl)c(C)c1. The lowest BCUT2D eigenvalue weighted by Crippen LogP contribution is -2.15. The maximum atomic E-state index is 12.4. The summed E-state index contributed by atoms with van der Waals surface area (Å²) >= 11 is 7.57. The van der Waals surface area contributed by atoms with Crippen LogP contribution in [0.1, 0.15) is 30.0 Å². The number of methoxy groups -OCH3 is 1. The Morgan fingerprint density at radius 3 is 2.64 bits per heavy atom. The number of nitrogens with one attached hydrogen (secondary N) is 1. The van der Waals surface area contributed by atoms with Crippen LogP contribution in [-0.4, -0.2) is 33.5 Å². The van der Waals surface area contributed by atoms with Crippen molar-refractivity contribution in [1.82, 2.24) is 14.8 Å². The monoisotopic (exact) mass is 486 g/mol. The van der Waals surface area contributed by atoms with Crippen molar-refractivity contribution in [1.29, 1.82) is 0 Å². The molecule has 0 spiro atoms. The predicted octanol–water partition coefficient (Wildman–Crippen LogP) is 5.61. The molecule has 0 saturated carbocycles. The summed E-state index contributed by atoms with van der Waals surface area (Å²) in [5.41, 5.74) is 2.57. The van der Waals surface area contributed by atoms with Gasteiger partial charge < -0.3 is 14.8 Å². The average Bonchev–Trinajstić information content (AvgIpc) is 3.19. The van der Waals surface area contributed by atoms with Crippen LogP contribution in [-0.2, 0) is 11.3 Å². The molecule has 7 nitrogen and oxygen atoms in total. The number of allylic oxidation sites excluding steroid dienone is 1. The number of hydrogen-bond acceptors (Lipinski definition) is 6. The number of aryl methyl sites for hydroxylation is 2. The van der Waals surface area contributed by atoms with Crippen molar-refractivity contribution in [3.8, 4) is 11.5 Å². The van der Waals surface area contributed by atoms with Crippen LogP contribution in [0.15, 0.2) is 54.2 Å². The highest BCUT2D eigenvalue weighted by Gasteiger charge is 2.20. The minimum absolute atomic E-state index is 0.153. The fourth-order valence-corrected chi connectivity index (χ4v) is 4.13. The number of rotatable bonds is 10. The van der Waals surface area contributed by atoms with Crippen LogP contribution >= 0.6 is 23.4 Å². The molecule has 1 atom stereocenters. The van der Waals surface area contributed by atoms with Crippen LogP contribution in [0, 0.1) is 13.8 Å². The van der Waals surface area contributed by atoms with Gasteiger partial charge in [0.05, 0.1) is 12.9 Å². The second kappa shape index (κ2) is 11.2. The van der Waals surface area contributed by atoms with Crippen LogP contribution in [0.25, 0.3) is 0 Å². The Labute approximate surface area is 203 Å². The smallest absolute Gasteiger partial charge is 0.234 e. The van der Waals surface area contributed by atoms with Crippen molar-refractivity contribution in [3.05, 3.63) is 71.0 Å². The van der Waals surface area contributed by atoms with Gasteiger partial charge in [-0.2, -0.15) is 0 Å². The highest BCUT2D eigenvalue weighted by Crippen LogP contribution is 2.30. The number of ether oxygens (including phenoxy) is 2. The average molecular weight is 487 g/mol. The minimum atomic E-state index is -0.364. The second-order valence-electron chi connectivity index (χ2n) is 7.44. The third kappa shape index (κ3) is 6.30. The van der Waals surface area contributed by atoms with Crippen molar-refractivity contribution in [3.63, 3.8) is 0 Å². The van der Waals surface area contributed by atoms with E-state index in [0.717, 1.165) is 16.1 Å². The topological polar surface area (TPSA) is 78.3 Å². The van der Waals surface area contributed by atoms with Crippen LogP contribution in [0.3, 0.4) is 0 Å². The number of benzene rings is 2. The first-order valence-corrected chi connectivity index (χ1v) is 11.7. The molecule has 0 saturated heterocycles. The normalized spacial score (nSPS) is 11.7. The summed E-state index contributed by atoms with van der Waals surface area (Å²) in [6.45, 7) is 10.1. The summed E-state index contributed by atoms with van der Waals surface area (Å²) in [7, 11) is 1.58. The van der Waals surface area contributed by atoms with Crippen molar-refractivity contribution in [2.45, 2.75) is 38.6 Å². The van der Waals surface area contributed by atoms with E-state index in [-0.39, 0.29) is 17.8 Å². The Bertz CT molecular complexity index is 1130. The van der Waals surface area contributed by atoms with Crippen LogP contribution in [0.4, 0.5) is 5.69 Å². The molecular formula is C24H27ClN4O3S. The van der Waals surface area contributed by atoms with Gasteiger partial charge in [0.25, 0.3) is 0 Å². The van der Waals surface area contributed by atoms with E-state index in [9.17, 15) is 4.79 Å². The molecule has 1 unspecified atom stereocenters. The molecule has 0 aliphatic rings. The van der Waals surface area contributed by atoms with Crippen molar-refractivity contribution >= 4 is 35.0 Å². The van der Waals surface area contributed by atoms with E-state index in [1.165, 1.54) is 11.8 Å². The quantitative estimate of drug-likeness (QED) is 0.296. The van der Waals surface area contributed by atoms with Gasteiger partial charge in [-0.05, 0) is 56.2 Å². The van der Waals surface area contributed by atoms with E-state index in [2.05, 4.69) is 22.1 Å². The molecule has 0 aliphatic carbocycles. The predicted molar refractivity (Wildman–Crippen MR) is 133 cm³/mol. The van der Waals surface area contributed by atoms with E-state index in [1.807, 2.05) is 55.7 Å². The molecule has 0 aliphatic heterocycles. The molecule has 33 heavy (non-hydrogen) atoms. The Morgan fingerprint density at radius 1 is 1.24 bits per heavy atom. The molecule has 1 amide bonds. The van der Waals surface area contributed by atoms with Gasteiger partial charge in [0.1, 0.15) is 11.5 Å². The molecule has 1 heterocycles. The second-order valence-corrected chi connectivity index (χ2v) is 8.76. The van der Waals surface area contributed by atoms with Crippen LogP contribution in [0.2, 0.25) is 5.02 Å². The van der Waals surface area contributed by atoms with Gasteiger partial charge in [-0.3, -0.25) is 9.36 Å². The highest BCUT2D eigenvalue weighted by atomic mass is 35.5. The third-order valence-corrected chi connectivity index (χ3v) is 6.39. The molecule has 0 bridgehead atoms. The number of nitrogens with zero attached hydrogens (tertiary/aromatic N) is 3. The van der Waals surface area contributed by atoms with Crippen LogP contribution < -0.4 is 14.8 Å². The summed E-state index contributed by atoms with van der Waals surface area (Å²) in [6.07, 6.45) is 1.40. The summed E-state index contributed by atoms with van der Waals surface area (Å²) < 4.78 is 13.2.